The molecular weight excluding hydrogens is 807 g/mol. The lowest BCUT2D eigenvalue weighted by molar-refractivity contribution is -0.135. The number of para-hydroxylation sites is 1. The Hall–Kier alpha value is -4.46. The molecule has 2 amide bonds. The number of nitrogens with zero attached hydrogens (tertiary/aromatic N) is 3. The van der Waals surface area contributed by atoms with Crippen molar-refractivity contribution in [3.8, 4) is 11.4 Å². The van der Waals surface area contributed by atoms with Crippen molar-refractivity contribution in [2.45, 2.75) is 170 Å². The van der Waals surface area contributed by atoms with Gasteiger partial charge >= 0.3 is 11.4 Å². The minimum atomic E-state index is -3.49. The second-order valence-electron chi connectivity index (χ2n) is 17.8. The first-order valence-electron chi connectivity index (χ1n) is 23.1. The molecule has 1 aromatic heterocycles. The zero-order valence-electron chi connectivity index (χ0n) is 38.6. The smallest absolute Gasteiger partial charge is 0.353 e. The van der Waals surface area contributed by atoms with Gasteiger partial charge in [-0.1, -0.05) is 162 Å². The number of ketones is 1. The zero-order chi connectivity index (χ0) is 45.7. The molecule has 0 saturated carbocycles. The van der Waals surface area contributed by atoms with Gasteiger partial charge in [-0.3, -0.25) is 14.4 Å². The third kappa shape index (κ3) is 16.3. The van der Waals surface area contributed by atoms with Gasteiger partial charge in [0.05, 0.1) is 30.0 Å². The molecular formula is C48H75N5O8S. The molecule has 13 nitrogen and oxygen atoms in total. The lowest BCUT2D eigenvalue weighted by Gasteiger charge is -2.24. The summed E-state index contributed by atoms with van der Waals surface area (Å²) in [7, 11) is -2.11. The molecule has 0 aliphatic carbocycles. The molecule has 0 radical (unpaired) electrons. The number of aromatic nitrogens is 3. The summed E-state index contributed by atoms with van der Waals surface area (Å²) in [5.74, 6) is -3.09. The Morgan fingerprint density at radius 1 is 0.694 bits per heavy atom. The Bertz CT molecular complexity index is 2080. The van der Waals surface area contributed by atoms with Crippen LogP contribution in [-0.2, 0) is 30.8 Å². The number of unbranched alkanes of at least 4 members (excludes halogenated alkanes) is 16. The third-order valence-electron chi connectivity index (χ3n) is 11.3. The van der Waals surface area contributed by atoms with E-state index in [2.05, 4.69) is 17.6 Å². The van der Waals surface area contributed by atoms with E-state index in [0.717, 1.165) is 25.7 Å². The van der Waals surface area contributed by atoms with Crippen LogP contribution in [0, 0.1) is 11.3 Å². The van der Waals surface area contributed by atoms with Crippen molar-refractivity contribution in [1.82, 2.24) is 13.9 Å². The number of carbonyl (C=O) groups excluding carboxylic acids is 3. The van der Waals surface area contributed by atoms with Crippen LogP contribution in [0.15, 0.2) is 58.1 Å². The van der Waals surface area contributed by atoms with Gasteiger partial charge in [0.1, 0.15) is 5.75 Å². The van der Waals surface area contributed by atoms with E-state index in [1.807, 2.05) is 6.92 Å². The van der Waals surface area contributed by atoms with Crippen LogP contribution in [0.25, 0.3) is 5.69 Å². The standard InChI is InChI=1S/C48H75N5O8S/c1-8-10-12-13-14-15-16-17-18-19-20-21-22-23-24-28-34-62(59,60)36-37(3)44(55)49-38-31-32-41(61-7)40(35-38)50-45(56)42(43(54)48(4,5)6)52-46(57)51(33-11-9-2)53(47(52)58)39-29-26-25-27-30-39/h25-27,29-32,35,37,42H,8-24,28,33-34,36H2,1-7H3,(H,49,55)(H,50,56). The summed E-state index contributed by atoms with van der Waals surface area (Å²) in [4.78, 5) is 69.7. The van der Waals surface area contributed by atoms with Crippen molar-refractivity contribution in [3.05, 3.63) is 69.5 Å². The number of methoxy groups -OCH3 is 1. The lowest BCUT2D eigenvalue weighted by Crippen LogP contribution is -2.46. The van der Waals surface area contributed by atoms with Crippen LogP contribution < -0.4 is 26.7 Å². The van der Waals surface area contributed by atoms with E-state index in [-0.39, 0.29) is 35.2 Å². The van der Waals surface area contributed by atoms with Crippen molar-refractivity contribution >= 4 is 38.8 Å². The van der Waals surface area contributed by atoms with Gasteiger partial charge in [0, 0.05) is 23.6 Å². The van der Waals surface area contributed by atoms with E-state index >= 15 is 0 Å². The summed E-state index contributed by atoms with van der Waals surface area (Å²) >= 11 is 0. The second-order valence-corrected chi connectivity index (χ2v) is 20.0. The maximum absolute atomic E-state index is 14.2. The van der Waals surface area contributed by atoms with Crippen LogP contribution in [0.1, 0.15) is 163 Å². The molecule has 0 fully saturated rings. The maximum atomic E-state index is 14.2. The summed E-state index contributed by atoms with van der Waals surface area (Å²) in [5.41, 5.74) is -2.09. The predicted octanol–water partition coefficient (Wildman–Crippen LogP) is 9.66. The van der Waals surface area contributed by atoms with Crippen LogP contribution in [0.2, 0.25) is 0 Å². The highest BCUT2D eigenvalue weighted by Gasteiger charge is 2.40. The highest BCUT2D eigenvalue weighted by molar-refractivity contribution is 7.91. The molecule has 2 aromatic carbocycles. The molecule has 14 heteroatoms. The molecule has 346 valence electrons. The van der Waals surface area contributed by atoms with E-state index in [1.165, 1.54) is 106 Å². The monoisotopic (exact) mass is 882 g/mol. The van der Waals surface area contributed by atoms with E-state index in [4.69, 9.17) is 4.74 Å². The molecule has 3 rings (SSSR count). The summed E-state index contributed by atoms with van der Waals surface area (Å²) in [6, 6.07) is 11.1. The highest BCUT2D eigenvalue weighted by Crippen LogP contribution is 2.31. The van der Waals surface area contributed by atoms with Gasteiger partial charge in [-0.05, 0) is 43.2 Å². The molecule has 0 aliphatic rings. The van der Waals surface area contributed by atoms with Gasteiger partial charge in [0.15, 0.2) is 21.7 Å². The van der Waals surface area contributed by atoms with Crippen LogP contribution >= 0.6 is 0 Å². The third-order valence-corrected chi connectivity index (χ3v) is 13.2. The molecule has 62 heavy (non-hydrogen) atoms. The predicted molar refractivity (Wildman–Crippen MR) is 250 cm³/mol. The minimum Gasteiger partial charge on any atom is -0.495 e. The van der Waals surface area contributed by atoms with Crippen molar-refractivity contribution in [1.29, 1.82) is 0 Å². The van der Waals surface area contributed by atoms with Gasteiger partial charge in [0.25, 0.3) is 5.91 Å². The minimum absolute atomic E-state index is 0.0255. The molecule has 2 N–H and O–H groups in total. The molecule has 0 bridgehead atoms. The fourth-order valence-corrected chi connectivity index (χ4v) is 9.29. The SMILES string of the molecule is CCCCCCCCCCCCCCCCCCS(=O)(=O)CC(C)C(=O)Nc1ccc(OC)c(NC(=O)C(C(=O)C(C)(C)C)n2c(=O)n(CCCC)n(-c3ccccc3)c2=O)c1. The largest absolute Gasteiger partial charge is 0.495 e. The number of amides is 2. The molecule has 1 heterocycles. The highest BCUT2D eigenvalue weighted by atomic mass is 32.2. The Morgan fingerprint density at radius 2 is 1.23 bits per heavy atom. The Kier molecular flexibility index (Phi) is 22.0. The lowest BCUT2D eigenvalue weighted by atomic mass is 9.86. The summed E-state index contributed by atoms with van der Waals surface area (Å²) in [6.07, 6.45) is 20.5. The van der Waals surface area contributed by atoms with Crippen LogP contribution in [0.3, 0.4) is 0 Å². The molecule has 2 atom stereocenters. The number of ether oxygens (including phenoxy) is 1. The molecule has 0 saturated heterocycles. The van der Waals surface area contributed by atoms with Gasteiger partial charge in [-0.15, -0.1) is 0 Å². The number of sulfone groups is 1. The topological polar surface area (TPSA) is 168 Å². The normalized spacial score (nSPS) is 12.8. The van der Waals surface area contributed by atoms with E-state index in [9.17, 15) is 32.4 Å². The number of carbonyl (C=O) groups is 3. The Labute approximate surface area is 370 Å². The first-order valence-corrected chi connectivity index (χ1v) is 24.9. The number of benzene rings is 2. The maximum Gasteiger partial charge on any atom is 0.353 e. The van der Waals surface area contributed by atoms with Crippen LogP contribution in [0.4, 0.5) is 11.4 Å². The fourth-order valence-electron chi connectivity index (χ4n) is 7.56. The summed E-state index contributed by atoms with van der Waals surface area (Å²) < 4.78 is 34.6. The molecule has 0 spiro atoms. The van der Waals surface area contributed by atoms with E-state index in [1.54, 1.807) is 64.1 Å². The Balaban J connectivity index is 1.61. The van der Waals surface area contributed by atoms with Gasteiger partial charge < -0.3 is 15.4 Å². The first kappa shape index (κ1) is 51.9. The number of anilines is 2. The number of hydrogen-bond donors (Lipinski definition) is 2. The summed E-state index contributed by atoms with van der Waals surface area (Å²) in [6.45, 7) is 10.7. The number of nitrogens with one attached hydrogen (secondary N) is 2. The van der Waals surface area contributed by atoms with Crippen LogP contribution in [0.5, 0.6) is 5.75 Å². The van der Waals surface area contributed by atoms with Gasteiger partial charge in [-0.25, -0.2) is 27.3 Å². The van der Waals surface area contributed by atoms with Crippen molar-refractivity contribution in [2.75, 3.05) is 29.2 Å². The van der Waals surface area contributed by atoms with Gasteiger partial charge in [-0.2, -0.15) is 4.68 Å². The second kappa shape index (κ2) is 26.2. The van der Waals surface area contributed by atoms with Gasteiger partial charge in [0.2, 0.25) is 5.91 Å². The van der Waals surface area contributed by atoms with E-state index in [0.29, 0.717) is 23.1 Å². The first-order chi connectivity index (χ1) is 29.6. The number of Topliss-reactive ketones (excluding diaryl/α,β-unsaturated/α-hetero) is 1. The average Bonchev–Trinajstić information content (AvgIpc) is 3.47. The van der Waals surface area contributed by atoms with Crippen molar-refractivity contribution < 1.29 is 27.5 Å². The van der Waals surface area contributed by atoms with Crippen molar-refractivity contribution in [2.24, 2.45) is 11.3 Å². The number of hydrogen-bond acceptors (Lipinski definition) is 8. The summed E-state index contributed by atoms with van der Waals surface area (Å²) in [5, 5.41) is 5.41. The molecule has 2 unspecified atom stereocenters. The zero-order valence-corrected chi connectivity index (χ0v) is 39.5. The van der Waals surface area contributed by atoms with E-state index < -0.39 is 56.2 Å². The van der Waals surface area contributed by atoms with Crippen LogP contribution in [-0.4, -0.2) is 58.6 Å². The molecule has 0 aliphatic heterocycles. The van der Waals surface area contributed by atoms with Crippen molar-refractivity contribution in [3.63, 3.8) is 0 Å². The fraction of sp³-hybridized carbons (Fsp3) is 0.646. The average molecular weight is 882 g/mol. The molecule has 3 aromatic rings. The quantitative estimate of drug-likeness (QED) is 0.0493. The number of rotatable bonds is 30. The Morgan fingerprint density at radius 3 is 1.74 bits per heavy atom.